The van der Waals surface area contributed by atoms with Crippen LogP contribution in [0.4, 0.5) is 0 Å². The van der Waals surface area contributed by atoms with Crippen molar-refractivity contribution in [1.82, 2.24) is 10.6 Å². The fourth-order valence-electron chi connectivity index (χ4n) is 1.00. The van der Waals surface area contributed by atoms with Crippen LogP contribution in [0.5, 0.6) is 0 Å². The first-order chi connectivity index (χ1) is 6.81. The third-order valence-electron chi connectivity index (χ3n) is 1.72. The summed E-state index contributed by atoms with van der Waals surface area (Å²) in [5.41, 5.74) is 0. The van der Waals surface area contributed by atoms with Crippen LogP contribution in [-0.2, 0) is 9.53 Å². The molecule has 0 fully saturated rings. The van der Waals surface area contributed by atoms with Gasteiger partial charge in [-0.1, -0.05) is 13.8 Å². The summed E-state index contributed by atoms with van der Waals surface area (Å²) in [6, 6.07) is 0. The van der Waals surface area contributed by atoms with Crippen molar-refractivity contribution in [2.24, 2.45) is 0 Å². The first kappa shape index (κ1) is 13.4. The first-order valence-corrected chi connectivity index (χ1v) is 5.36. The molecule has 0 bridgehead atoms. The van der Waals surface area contributed by atoms with Gasteiger partial charge in [0.2, 0.25) is 5.91 Å². The lowest BCUT2D eigenvalue weighted by atomic mass is 10.3. The average Bonchev–Trinajstić information content (AvgIpc) is 2.17. The summed E-state index contributed by atoms with van der Waals surface area (Å²) >= 11 is 0. The number of carbonyl (C=O) groups is 1. The number of amides is 1. The van der Waals surface area contributed by atoms with Gasteiger partial charge < -0.3 is 15.4 Å². The molecule has 4 heteroatoms. The Bertz CT molecular complexity index is 149. The summed E-state index contributed by atoms with van der Waals surface area (Å²) in [6.07, 6.45) is 1.50. The zero-order chi connectivity index (χ0) is 10.6. The topological polar surface area (TPSA) is 50.4 Å². The van der Waals surface area contributed by atoms with Gasteiger partial charge in [0.1, 0.15) is 0 Å². The van der Waals surface area contributed by atoms with E-state index in [1.807, 2.05) is 6.92 Å². The van der Waals surface area contributed by atoms with E-state index in [4.69, 9.17) is 4.74 Å². The van der Waals surface area contributed by atoms with Gasteiger partial charge in [-0.3, -0.25) is 4.79 Å². The minimum atomic E-state index is 0. The highest BCUT2D eigenvalue weighted by molar-refractivity contribution is 5.75. The molecule has 0 aliphatic heterocycles. The Labute approximate surface area is 89.4 Å². The van der Waals surface area contributed by atoms with Crippen LogP contribution in [0.25, 0.3) is 0 Å². The lowest BCUT2D eigenvalue weighted by Crippen LogP contribution is -2.28. The molecule has 0 saturated carbocycles. The summed E-state index contributed by atoms with van der Waals surface area (Å²) in [4.78, 5) is 11.0. The summed E-state index contributed by atoms with van der Waals surface area (Å²) in [7, 11) is 0. The molecule has 0 rings (SSSR count). The van der Waals surface area contributed by atoms with Crippen molar-refractivity contribution < 1.29 is 12.4 Å². The van der Waals surface area contributed by atoms with Gasteiger partial charge in [0, 0.05) is 22.4 Å². The normalized spacial score (nSPS) is 10.1. The molecule has 88 valence electrons. The van der Waals surface area contributed by atoms with Crippen molar-refractivity contribution in [2.75, 3.05) is 32.8 Å². The SMILES string of the molecule is CCCC(=O)NCCOCCNCC.[HH].[HH]. The molecule has 0 aliphatic carbocycles. The number of rotatable bonds is 9. The Hall–Kier alpha value is -0.610. The highest BCUT2D eigenvalue weighted by atomic mass is 16.5. The summed E-state index contributed by atoms with van der Waals surface area (Å²) in [5.74, 6) is 0.114. The van der Waals surface area contributed by atoms with Gasteiger partial charge in [0.15, 0.2) is 0 Å². The third-order valence-corrected chi connectivity index (χ3v) is 1.72. The van der Waals surface area contributed by atoms with Crippen LogP contribution in [-0.4, -0.2) is 38.8 Å². The Morgan fingerprint density at radius 3 is 2.64 bits per heavy atom. The van der Waals surface area contributed by atoms with Crippen LogP contribution in [0.2, 0.25) is 0 Å². The number of ether oxygens (including phenoxy) is 1. The summed E-state index contributed by atoms with van der Waals surface area (Å²) in [6.45, 7) is 7.82. The predicted octanol–water partition coefficient (Wildman–Crippen LogP) is 1.02. The van der Waals surface area contributed by atoms with Crippen molar-refractivity contribution in [3.05, 3.63) is 0 Å². The molecule has 0 aromatic rings. The monoisotopic (exact) mass is 206 g/mol. The van der Waals surface area contributed by atoms with Crippen LogP contribution >= 0.6 is 0 Å². The van der Waals surface area contributed by atoms with E-state index >= 15 is 0 Å². The molecule has 0 radical (unpaired) electrons. The van der Waals surface area contributed by atoms with Gasteiger partial charge in [-0.25, -0.2) is 0 Å². The molecule has 0 aromatic carbocycles. The van der Waals surface area contributed by atoms with Gasteiger partial charge in [-0.2, -0.15) is 0 Å². The van der Waals surface area contributed by atoms with E-state index in [9.17, 15) is 4.79 Å². The van der Waals surface area contributed by atoms with Crippen LogP contribution in [0.3, 0.4) is 0 Å². The van der Waals surface area contributed by atoms with Crippen molar-refractivity contribution in [3.8, 4) is 0 Å². The molecule has 14 heavy (non-hydrogen) atoms. The molecular weight excluding hydrogens is 180 g/mol. The molecule has 0 heterocycles. The minimum absolute atomic E-state index is 0. The van der Waals surface area contributed by atoms with Gasteiger partial charge in [-0.05, 0) is 13.0 Å². The lowest BCUT2D eigenvalue weighted by molar-refractivity contribution is -0.121. The van der Waals surface area contributed by atoms with E-state index in [-0.39, 0.29) is 8.76 Å². The van der Waals surface area contributed by atoms with Crippen LogP contribution in [0.1, 0.15) is 29.5 Å². The van der Waals surface area contributed by atoms with Crippen LogP contribution in [0, 0.1) is 0 Å². The van der Waals surface area contributed by atoms with E-state index in [1.54, 1.807) is 0 Å². The molecule has 0 saturated heterocycles. The molecule has 4 nitrogen and oxygen atoms in total. The maximum absolute atomic E-state index is 11.0. The number of carbonyl (C=O) groups excluding carboxylic acids is 1. The van der Waals surface area contributed by atoms with Crippen LogP contribution < -0.4 is 10.6 Å². The fraction of sp³-hybridized carbons (Fsp3) is 0.900. The van der Waals surface area contributed by atoms with Crippen molar-refractivity contribution >= 4 is 5.91 Å². The molecule has 2 N–H and O–H groups in total. The van der Waals surface area contributed by atoms with Gasteiger partial charge >= 0.3 is 0 Å². The predicted molar refractivity (Wildman–Crippen MR) is 61.5 cm³/mol. The molecule has 0 aliphatic rings. The van der Waals surface area contributed by atoms with Crippen molar-refractivity contribution in [1.29, 1.82) is 0 Å². The largest absolute Gasteiger partial charge is 0.378 e. The molecule has 0 aromatic heterocycles. The maximum Gasteiger partial charge on any atom is 0.220 e. The highest BCUT2D eigenvalue weighted by Gasteiger charge is 1.96. The first-order valence-electron chi connectivity index (χ1n) is 5.36. The Morgan fingerprint density at radius 2 is 2.00 bits per heavy atom. The minimum Gasteiger partial charge on any atom is -0.378 e. The van der Waals surface area contributed by atoms with Crippen LogP contribution in [0.15, 0.2) is 0 Å². The van der Waals surface area contributed by atoms with E-state index in [0.29, 0.717) is 26.2 Å². The highest BCUT2D eigenvalue weighted by Crippen LogP contribution is 1.84. The summed E-state index contributed by atoms with van der Waals surface area (Å²) < 4.78 is 5.29. The quantitative estimate of drug-likeness (QED) is 0.554. The maximum atomic E-state index is 11.0. The van der Waals surface area contributed by atoms with E-state index in [2.05, 4.69) is 17.6 Å². The Kier molecular flexibility index (Phi) is 10.0. The molecule has 0 spiro atoms. The van der Waals surface area contributed by atoms with Gasteiger partial charge in [0.05, 0.1) is 13.2 Å². The third kappa shape index (κ3) is 9.48. The number of likely N-dealkylation sites (N-methyl/N-ethyl adjacent to an activating group) is 1. The zero-order valence-electron chi connectivity index (χ0n) is 9.27. The Balaban J connectivity index is -0.000000845. The second-order valence-corrected chi connectivity index (χ2v) is 3.07. The second-order valence-electron chi connectivity index (χ2n) is 3.07. The smallest absolute Gasteiger partial charge is 0.220 e. The summed E-state index contributed by atoms with van der Waals surface area (Å²) in [5, 5.41) is 5.95. The zero-order valence-corrected chi connectivity index (χ0v) is 9.27. The molecule has 0 atom stereocenters. The van der Waals surface area contributed by atoms with Gasteiger partial charge in [-0.15, -0.1) is 0 Å². The van der Waals surface area contributed by atoms with E-state index in [0.717, 1.165) is 19.5 Å². The van der Waals surface area contributed by atoms with Crippen molar-refractivity contribution in [2.45, 2.75) is 26.7 Å². The average molecular weight is 206 g/mol. The van der Waals surface area contributed by atoms with E-state index < -0.39 is 0 Å². The molecule has 1 amide bonds. The standard InChI is InChI=1S/C10H22N2O2.2H2/c1-3-5-10(13)12-7-9-14-8-6-11-4-2;;/h11H,3-9H2,1-2H3,(H,12,13);2*1H. The molecule has 0 unspecified atom stereocenters. The number of nitrogens with one attached hydrogen (secondary N) is 2. The Morgan fingerprint density at radius 1 is 1.29 bits per heavy atom. The lowest BCUT2D eigenvalue weighted by Gasteiger charge is -2.05. The van der Waals surface area contributed by atoms with E-state index in [1.165, 1.54) is 0 Å². The fourth-order valence-corrected chi connectivity index (χ4v) is 1.00. The van der Waals surface area contributed by atoms with Crippen molar-refractivity contribution in [3.63, 3.8) is 0 Å². The van der Waals surface area contributed by atoms with Gasteiger partial charge in [0.25, 0.3) is 0 Å². The number of hydrogen-bond donors (Lipinski definition) is 2. The number of hydrogen-bond acceptors (Lipinski definition) is 3. The molecular formula is C10H26N2O2. The second kappa shape index (κ2) is 10.5.